The molecule has 0 unspecified atom stereocenters. The van der Waals surface area contributed by atoms with Crippen LogP contribution in [-0.4, -0.2) is 30.2 Å². The number of amides is 1. The Morgan fingerprint density at radius 2 is 1.96 bits per heavy atom. The second kappa shape index (κ2) is 9.12. The van der Waals surface area contributed by atoms with Crippen molar-refractivity contribution in [2.75, 3.05) is 18.5 Å². The van der Waals surface area contributed by atoms with Crippen LogP contribution in [0.4, 0.5) is 5.69 Å². The molecule has 9 heteroatoms. The molecule has 0 aliphatic rings. The Balaban J connectivity index is 2.00. The molecule has 0 atom stereocenters. The number of phenolic OH excluding ortho intramolecular Hbond substituents is 1. The zero-order chi connectivity index (χ0) is 20.0. The summed E-state index contributed by atoms with van der Waals surface area (Å²) in [5.74, 6) is -1.66. The highest BCUT2D eigenvalue weighted by atomic mass is 35.5. The van der Waals surface area contributed by atoms with E-state index in [1.165, 1.54) is 30.3 Å². The number of anilines is 1. The molecule has 1 amide bonds. The van der Waals surface area contributed by atoms with Gasteiger partial charge >= 0.3 is 5.97 Å². The topological polar surface area (TPSA) is 109 Å². The lowest BCUT2D eigenvalue weighted by Gasteiger charge is -2.10. The number of hydrogen-bond acceptors (Lipinski definition) is 6. The Morgan fingerprint density at radius 3 is 2.59 bits per heavy atom. The van der Waals surface area contributed by atoms with Gasteiger partial charge in [-0.3, -0.25) is 4.79 Å². The van der Waals surface area contributed by atoms with Gasteiger partial charge in [-0.1, -0.05) is 23.2 Å². The summed E-state index contributed by atoms with van der Waals surface area (Å²) >= 11 is 11.7. The normalized spacial score (nSPS) is 10.0. The Hall–Kier alpha value is -2.95. The zero-order valence-corrected chi connectivity index (χ0v) is 15.6. The lowest BCUT2D eigenvalue weighted by atomic mass is 10.2. The van der Waals surface area contributed by atoms with Crippen LogP contribution >= 0.6 is 23.2 Å². The summed E-state index contributed by atoms with van der Waals surface area (Å²) in [4.78, 5) is 24.0. The minimum Gasteiger partial charge on any atom is -0.503 e. The van der Waals surface area contributed by atoms with Gasteiger partial charge in [0.2, 0.25) is 0 Å². The number of phenols is 1. The Kier molecular flexibility index (Phi) is 6.88. The molecule has 0 radical (unpaired) electrons. The minimum absolute atomic E-state index is 0.0236. The van der Waals surface area contributed by atoms with Crippen LogP contribution in [-0.2, 0) is 9.53 Å². The number of esters is 1. The molecule has 0 fully saturated rings. The molecule has 0 saturated carbocycles. The smallest absolute Gasteiger partial charge is 0.338 e. The summed E-state index contributed by atoms with van der Waals surface area (Å²) in [6.45, 7) is 1.41. The number of nitrogens with one attached hydrogen (secondary N) is 1. The molecule has 0 spiro atoms. The first-order valence-corrected chi connectivity index (χ1v) is 8.43. The number of nitriles is 1. The van der Waals surface area contributed by atoms with E-state index in [-0.39, 0.29) is 39.3 Å². The second-order valence-corrected chi connectivity index (χ2v) is 5.98. The Bertz CT molecular complexity index is 925. The number of carbonyl (C=O) groups is 2. The maximum absolute atomic E-state index is 12.1. The molecule has 7 nitrogen and oxygen atoms in total. The number of carbonyl (C=O) groups excluding carboxylic acids is 2. The average molecular weight is 409 g/mol. The molecule has 2 aromatic carbocycles. The summed E-state index contributed by atoms with van der Waals surface area (Å²) in [5.41, 5.74) is 0.650. The first-order valence-electron chi connectivity index (χ1n) is 7.67. The molecule has 0 saturated heterocycles. The average Bonchev–Trinajstić information content (AvgIpc) is 2.63. The minimum atomic E-state index is -0.814. The van der Waals surface area contributed by atoms with Crippen molar-refractivity contribution in [1.29, 1.82) is 5.26 Å². The number of aromatic hydroxyl groups is 1. The largest absolute Gasteiger partial charge is 0.503 e. The number of ether oxygens (including phenoxy) is 2. The van der Waals surface area contributed by atoms with Gasteiger partial charge in [0.15, 0.2) is 18.1 Å². The fourth-order valence-electron chi connectivity index (χ4n) is 2.05. The molecule has 0 aliphatic carbocycles. The van der Waals surface area contributed by atoms with Crippen molar-refractivity contribution in [2.24, 2.45) is 0 Å². The molecule has 2 rings (SSSR count). The zero-order valence-electron chi connectivity index (χ0n) is 14.1. The molecule has 0 aliphatic heterocycles. The molecule has 0 bridgehead atoms. The van der Waals surface area contributed by atoms with Gasteiger partial charge in [-0.05, 0) is 37.3 Å². The van der Waals surface area contributed by atoms with Crippen LogP contribution in [0.2, 0.25) is 10.0 Å². The van der Waals surface area contributed by atoms with Crippen LogP contribution in [0.5, 0.6) is 11.5 Å². The van der Waals surface area contributed by atoms with E-state index in [2.05, 4.69) is 5.32 Å². The van der Waals surface area contributed by atoms with Gasteiger partial charge in [0.05, 0.1) is 27.8 Å². The van der Waals surface area contributed by atoms with Crippen LogP contribution in [0.15, 0.2) is 30.3 Å². The van der Waals surface area contributed by atoms with Crippen LogP contribution in [0, 0.1) is 11.3 Å². The van der Waals surface area contributed by atoms with Gasteiger partial charge in [-0.15, -0.1) is 0 Å². The fourth-order valence-corrected chi connectivity index (χ4v) is 2.49. The van der Waals surface area contributed by atoms with Crippen molar-refractivity contribution in [3.63, 3.8) is 0 Å². The van der Waals surface area contributed by atoms with Gasteiger partial charge in [0.1, 0.15) is 6.07 Å². The number of hydrogen-bond donors (Lipinski definition) is 2. The van der Waals surface area contributed by atoms with Crippen molar-refractivity contribution in [2.45, 2.75) is 6.92 Å². The van der Waals surface area contributed by atoms with E-state index in [9.17, 15) is 14.7 Å². The summed E-state index contributed by atoms with van der Waals surface area (Å²) in [6.07, 6.45) is 0. The molecule has 2 N–H and O–H groups in total. The molecule has 0 heterocycles. The maximum Gasteiger partial charge on any atom is 0.338 e. The number of rotatable bonds is 6. The van der Waals surface area contributed by atoms with Crippen LogP contribution in [0.3, 0.4) is 0 Å². The second-order valence-electron chi connectivity index (χ2n) is 5.17. The molecular formula is C18H14Cl2N2O5. The summed E-state index contributed by atoms with van der Waals surface area (Å²) in [7, 11) is 0. The number of halogens is 2. The predicted octanol–water partition coefficient (Wildman–Crippen LogP) is 3.76. The van der Waals surface area contributed by atoms with E-state index in [1.807, 2.05) is 6.07 Å². The van der Waals surface area contributed by atoms with Gasteiger partial charge in [-0.2, -0.15) is 5.26 Å². The highest BCUT2D eigenvalue weighted by Crippen LogP contribution is 2.35. The van der Waals surface area contributed by atoms with Crippen molar-refractivity contribution in [3.05, 3.63) is 51.5 Å². The van der Waals surface area contributed by atoms with Gasteiger partial charge < -0.3 is 19.9 Å². The van der Waals surface area contributed by atoms with E-state index < -0.39 is 18.5 Å². The Morgan fingerprint density at radius 1 is 1.22 bits per heavy atom. The predicted molar refractivity (Wildman–Crippen MR) is 99.4 cm³/mol. The summed E-state index contributed by atoms with van der Waals surface area (Å²) in [6, 6.07) is 8.75. The van der Waals surface area contributed by atoms with Crippen molar-refractivity contribution >= 4 is 40.8 Å². The van der Waals surface area contributed by atoms with Gasteiger partial charge in [0, 0.05) is 5.69 Å². The molecular weight excluding hydrogens is 395 g/mol. The van der Waals surface area contributed by atoms with E-state index in [0.29, 0.717) is 5.69 Å². The molecule has 0 aromatic heterocycles. The molecule has 140 valence electrons. The number of nitrogens with zero attached hydrogens (tertiary/aromatic N) is 1. The Labute approximate surface area is 165 Å². The standard InChI is InChI=1S/C18H14Cl2N2O5/c1-2-26-15-6-11(5-14(20)17(15)24)18(25)27-9-16(23)22-12-4-3-10(8-21)13(19)7-12/h3-7,24H,2,9H2,1H3,(H,22,23). The van der Waals surface area contributed by atoms with Crippen molar-refractivity contribution in [1.82, 2.24) is 0 Å². The number of benzene rings is 2. The van der Waals surface area contributed by atoms with Gasteiger partial charge in [-0.25, -0.2) is 4.79 Å². The van der Waals surface area contributed by atoms with Crippen LogP contribution < -0.4 is 10.1 Å². The van der Waals surface area contributed by atoms with E-state index in [0.717, 1.165) is 0 Å². The fraction of sp³-hybridized carbons (Fsp3) is 0.167. The monoisotopic (exact) mass is 408 g/mol. The maximum atomic E-state index is 12.1. The molecule has 2 aromatic rings. The quantitative estimate of drug-likeness (QED) is 0.704. The third-order valence-electron chi connectivity index (χ3n) is 3.27. The lowest BCUT2D eigenvalue weighted by Crippen LogP contribution is -2.21. The first-order chi connectivity index (χ1) is 12.8. The third-order valence-corrected chi connectivity index (χ3v) is 3.87. The highest BCUT2D eigenvalue weighted by Gasteiger charge is 2.16. The van der Waals surface area contributed by atoms with E-state index in [1.54, 1.807) is 6.92 Å². The summed E-state index contributed by atoms with van der Waals surface area (Å²) in [5, 5.41) is 21.2. The van der Waals surface area contributed by atoms with E-state index in [4.69, 9.17) is 37.9 Å². The lowest BCUT2D eigenvalue weighted by molar-refractivity contribution is -0.119. The van der Waals surface area contributed by atoms with Crippen molar-refractivity contribution < 1.29 is 24.2 Å². The van der Waals surface area contributed by atoms with Crippen LogP contribution in [0.25, 0.3) is 0 Å². The van der Waals surface area contributed by atoms with Crippen LogP contribution in [0.1, 0.15) is 22.8 Å². The summed E-state index contributed by atoms with van der Waals surface area (Å²) < 4.78 is 10.1. The van der Waals surface area contributed by atoms with E-state index >= 15 is 0 Å². The molecule has 27 heavy (non-hydrogen) atoms. The van der Waals surface area contributed by atoms with Crippen molar-refractivity contribution in [3.8, 4) is 17.6 Å². The third kappa shape index (κ3) is 5.26. The SMILES string of the molecule is CCOc1cc(C(=O)OCC(=O)Nc2ccc(C#N)c(Cl)c2)cc(Cl)c1O. The van der Waals surface area contributed by atoms with Gasteiger partial charge in [0.25, 0.3) is 5.91 Å². The highest BCUT2D eigenvalue weighted by molar-refractivity contribution is 6.32. The first kappa shape index (κ1) is 20.4.